The molecule has 0 spiro atoms. The minimum absolute atomic E-state index is 0.0453. The van der Waals surface area contributed by atoms with Crippen LogP contribution in [0.4, 0.5) is 21.8 Å². The highest BCUT2D eigenvalue weighted by atomic mass is 32.2. The van der Waals surface area contributed by atoms with Crippen molar-refractivity contribution < 1.29 is 22.3 Å². The predicted octanol–water partition coefficient (Wildman–Crippen LogP) is 1.33. The highest BCUT2D eigenvalue weighted by Gasteiger charge is 2.14. The lowest BCUT2D eigenvalue weighted by atomic mass is 10.2. The van der Waals surface area contributed by atoms with E-state index in [1.54, 1.807) is 6.20 Å². The van der Waals surface area contributed by atoms with E-state index in [9.17, 15) is 17.6 Å². The first-order valence-electron chi connectivity index (χ1n) is 9.33. The first-order valence-corrected chi connectivity index (χ1v) is 11.2. The molecule has 2 heterocycles. The van der Waals surface area contributed by atoms with E-state index in [1.165, 1.54) is 43.2 Å². The SMILES string of the molecule is CNC(=O)Cn1cc(Nc2ncc(F)c(NCc3cc(S(C)(=O)=O)ccc3OC)n2)cn1. The summed E-state index contributed by atoms with van der Waals surface area (Å²) in [5.74, 6) is -0.442. The lowest BCUT2D eigenvalue weighted by Crippen LogP contribution is -2.23. The molecule has 1 aromatic carbocycles. The van der Waals surface area contributed by atoms with Gasteiger partial charge in [-0.1, -0.05) is 0 Å². The van der Waals surface area contributed by atoms with Crippen molar-refractivity contribution in [2.24, 2.45) is 0 Å². The molecule has 0 aliphatic carbocycles. The van der Waals surface area contributed by atoms with Crippen LogP contribution >= 0.6 is 0 Å². The summed E-state index contributed by atoms with van der Waals surface area (Å²) in [6, 6.07) is 4.43. The zero-order valence-corrected chi connectivity index (χ0v) is 18.4. The van der Waals surface area contributed by atoms with Crippen molar-refractivity contribution in [2.45, 2.75) is 18.0 Å². The van der Waals surface area contributed by atoms with Crippen LogP contribution in [0.1, 0.15) is 5.56 Å². The quantitative estimate of drug-likeness (QED) is 0.429. The normalized spacial score (nSPS) is 11.1. The third-order valence-electron chi connectivity index (χ3n) is 4.34. The van der Waals surface area contributed by atoms with Crippen LogP contribution in [-0.4, -0.2) is 54.5 Å². The number of nitrogens with one attached hydrogen (secondary N) is 3. The molecule has 11 nitrogen and oxygen atoms in total. The van der Waals surface area contributed by atoms with Crippen LogP contribution in [0.2, 0.25) is 0 Å². The molecule has 0 atom stereocenters. The van der Waals surface area contributed by atoms with Crippen molar-refractivity contribution >= 4 is 33.2 Å². The number of nitrogens with zero attached hydrogens (tertiary/aromatic N) is 4. The van der Waals surface area contributed by atoms with Gasteiger partial charge < -0.3 is 20.7 Å². The summed E-state index contributed by atoms with van der Waals surface area (Å²) in [6.45, 7) is 0.105. The third kappa shape index (κ3) is 5.69. The molecule has 3 rings (SSSR count). The summed E-state index contributed by atoms with van der Waals surface area (Å²) < 4.78 is 44.6. The molecule has 0 radical (unpaired) electrons. The molecule has 3 aromatic rings. The molecule has 3 N–H and O–H groups in total. The lowest BCUT2D eigenvalue weighted by Gasteiger charge is -2.12. The molecule has 0 fully saturated rings. The largest absolute Gasteiger partial charge is 0.496 e. The molecular weight excluding hydrogens is 441 g/mol. The number of sulfone groups is 1. The van der Waals surface area contributed by atoms with Gasteiger partial charge in [0.1, 0.15) is 12.3 Å². The van der Waals surface area contributed by atoms with Crippen LogP contribution in [0.15, 0.2) is 41.7 Å². The van der Waals surface area contributed by atoms with Gasteiger partial charge in [-0.05, 0) is 18.2 Å². The zero-order chi connectivity index (χ0) is 23.3. The Morgan fingerprint density at radius 1 is 1.28 bits per heavy atom. The van der Waals surface area contributed by atoms with Gasteiger partial charge in [-0.2, -0.15) is 10.1 Å². The average molecular weight is 463 g/mol. The molecule has 0 unspecified atom stereocenters. The lowest BCUT2D eigenvalue weighted by molar-refractivity contribution is -0.121. The number of rotatable bonds is 9. The average Bonchev–Trinajstić information content (AvgIpc) is 3.19. The zero-order valence-electron chi connectivity index (χ0n) is 17.6. The number of carbonyl (C=O) groups is 1. The molecule has 1 amide bonds. The van der Waals surface area contributed by atoms with Crippen molar-refractivity contribution in [3.8, 4) is 5.75 Å². The summed E-state index contributed by atoms with van der Waals surface area (Å²) >= 11 is 0. The highest BCUT2D eigenvalue weighted by molar-refractivity contribution is 7.90. The van der Waals surface area contributed by atoms with Crippen molar-refractivity contribution in [1.29, 1.82) is 0 Å². The Morgan fingerprint density at radius 2 is 2.06 bits per heavy atom. The summed E-state index contributed by atoms with van der Waals surface area (Å²) in [5, 5.41) is 12.3. The maximum absolute atomic E-state index is 14.2. The van der Waals surface area contributed by atoms with Crippen molar-refractivity contribution in [3.63, 3.8) is 0 Å². The van der Waals surface area contributed by atoms with E-state index in [0.29, 0.717) is 17.0 Å². The van der Waals surface area contributed by atoms with E-state index < -0.39 is 15.7 Å². The molecule has 0 aliphatic rings. The number of amides is 1. The fraction of sp³-hybridized carbons (Fsp3) is 0.263. The third-order valence-corrected chi connectivity index (χ3v) is 5.45. The number of halogens is 1. The second-order valence-electron chi connectivity index (χ2n) is 6.71. The number of benzene rings is 1. The van der Waals surface area contributed by atoms with Gasteiger partial charge in [0, 0.05) is 31.6 Å². The molecule has 170 valence electrons. The van der Waals surface area contributed by atoms with Gasteiger partial charge in [-0.15, -0.1) is 0 Å². The van der Waals surface area contributed by atoms with Gasteiger partial charge in [-0.3, -0.25) is 9.48 Å². The second-order valence-corrected chi connectivity index (χ2v) is 8.73. The van der Waals surface area contributed by atoms with Crippen LogP contribution < -0.4 is 20.7 Å². The monoisotopic (exact) mass is 463 g/mol. The summed E-state index contributed by atoms with van der Waals surface area (Å²) in [6.07, 6.45) is 5.16. The Morgan fingerprint density at radius 3 is 2.75 bits per heavy atom. The number of likely N-dealkylation sites (N-methyl/N-ethyl adjacent to an activating group) is 1. The minimum atomic E-state index is -3.42. The molecule has 2 aromatic heterocycles. The maximum atomic E-state index is 14.2. The second kappa shape index (κ2) is 9.60. The Labute approximate surface area is 183 Å². The maximum Gasteiger partial charge on any atom is 0.241 e. The fourth-order valence-electron chi connectivity index (χ4n) is 2.72. The molecular formula is C19H22FN7O4S. The van der Waals surface area contributed by atoms with E-state index in [-0.39, 0.29) is 35.7 Å². The standard InChI is InChI=1S/C19H22FN7O4S/c1-21-17(28)11-27-10-13(8-24-27)25-19-23-9-15(20)18(26-19)22-7-12-6-14(32(3,29)30)4-5-16(12)31-2/h4-6,8-10H,7,11H2,1-3H3,(H,21,28)(H2,22,23,25,26). The number of hydrogen-bond acceptors (Lipinski definition) is 9. The number of hydrogen-bond donors (Lipinski definition) is 3. The highest BCUT2D eigenvalue weighted by Crippen LogP contribution is 2.24. The van der Waals surface area contributed by atoms with Gasteiger partial charge in [0.2, 0.25) is 11.9 Å². The van der Waals surface area contributed by atoms with E-state index >= 15 is 0 Å². The molecule has 0 aliphatic heterocycles. The molecule has 32 heavy (non-hydrogen) atoms. The van der Waals surface area contributed by atoms with Crippen molar-refractivity contribution in [2.75, 3.05) is 31.0 Å². The summed E-state index contributed by atoms with van der Waals surface area (Å²) in [7, 11) is -0.435. The fourth-order valence-corrected chi connectivity index (χ4v) is 3.40. The van der Waals surface area contributed by atoms with Gasteiger partial charge in [0.05, 0.1) is 30.1 Å². The molecule has 0 saturated heterocycles. The number of anilines is 3. The first kappa shape index (κ1) is 22.9. The number of methoxy groups -OCH3 is 1. The summed E-state index contributed by atoms with van der Waals surface area (Å²) in [5.41, 5.74) is 1.02. The smallest absolute Gasteiger partial charge is 0.241 e. The minimum Gasteiger partial charge on any atom is -0.496 e. The Hall–Kier alpha value is -3.74. The topological polar surface area (TPSA) is 140 Å². The number of ether oxygens (including phenoxy) is 1. The molecule has 0 saturated carbocycles. The molecule has 13 heteroatoms. The molecule has 0 bridgehead atoms. The van der Waals surface area contributed by atoms with Crippen LogP contribution in [0.5, 0.6) is 5.75 Å². The van der Waals surface area contributed by atoms with Crippen LogP contribution in [0.3, 0.4) is 0 Å². The first-order chi connectivity index (χ1) is 15.2. The Bertz CT molecular complexity index is 1230. The van der Waals surface area contributed by atoms with Crippen molar-refractivity contribution in [1.82, 2.24) is 25.1 Å². The number of aromatic nitrogens is 4. The predicted molar refractivity (Wildman–Crippen MR) is 115 cm³/mol. The Balaban J connectivity index is 1.75. The van der Waals surface area contributed by atoms with Crippen LogP contribution in [-0.2, 0) is 27.7 Å². The Kier molecular flexibility index (Phi) is 6.88. The van der Waals surface area contributed by atoms with Crippen molar-refractivity contribution in [3.05, 3.63) is 48.2 Å². The van der Waals surface area contributed by atoms with Crippen LogP contribution in [0, 0.1) is 5.82 Å². The van der Waals surface area contributed by atoms with Gasteiger partial charge in [-0.25, -0.2) is 17.8 Å². The van der Waals surface area contributed by atoms with Crippen LogP contribution in [0.25, 0.3) is 0 Å². The van der Waals surface area contributed by atoms with E-state index in [0.717, 1.165) is 12.5 Å². The van der Waals surface area contributed by atoms with E-state index in [2.05, 4.69) is 31.0 Å². The van der Waals surface area contributed by atoms with E-state index in [1.807, 2.05) is 0 Å². The van der Waals surface area contributed by atoms with Gasteiger partial charge in [0.15, 0.2) is 21.5 Å². The van der Waals surface area contributed by atoms with Gasteiger partial charge in [0.25, 0.3) is 0 Å². The number of carbonyl (C=O) groups excluding carboxylic acids is 1. The van der Waals surface area contributed by atoms with Gasteiger partial charge >= 0.3 is 0 Å². The van der Waals surface area contributed by atoms with E-state index in [4.69, 9.17) is 4.74 Å². The summed E-state index contributed by atoms with van der Waals surface area (Å²) in [4.78, 5) is 19.6.